The number of hydrogen-bond donors (Lipinski definition) is 0. The molecule has 1 saturated heterocycles. The van der Waals surface area contributed by atoms with Crippen molar-refractivity contribution in [3.05, 3.63) is 24.3 Å². The van der Waals surface area contributed by atoms with Crippen molar-refractivity contribution in [1.82, 2.24) is 14.5 Å². The Morgan fingerprint density at radius 1 is 1.44 bits per heavy atom. The molecule has 1 aliphatic rings. The van der Waals surface area contributed by atoms with Crippen LogP contribution in [0.5, 0.6) is 0 Å². The van der Waals surface area contributed by atoms with E-state index in [1.165, 1.54) is 11.8 Å². The maximum absolute atomic E-state index is 12.9. The lowest BCUT2D eigenvalue weighted by molar-refractivity contribution is -0.131. The summed E-state index contributed by atoms with van der Waals surface area (Å²) in [7, 11) is -1.07. The molecule has 6 nitrogen and oxygen atoms in total. The lowest BCUT2D eigenvalue weighted by Crippen LogP contribution is -2.44. The van der Waals surface area contributed by atoms with Crippen LogP contribution in [0.25, 0.3) is 11.0 Å². The Bertz CT molecular complexity index is 892. The van der Waals surface area contributed by atoms with Gasteiger partial charge in [-0.05, 0) is 32.4 Å². The Balaban J connectivity index is 1.76. The van der Waals surface area contributed by atoms with Gasteiger partial charge in [-0.1, -0.05) is 23.9 Å². The van der Waals surface area contributed by atoms with Crippen LogP contribution >= 0.6 is 11.8 Å². The number of nitrogens with zero attached hydrogens (tertiary/aromatic N) is 3. The van der Waals surface area contributed by atoms with Gasteiger partial charge < -0.3 is 9.47 Å². The van der Waals surface area contributed by atoms with Gasteiger partial charge in [0.1, 0.15) is 0 Å². The van der Waals surface area contributed by atoms with Gasteiger partial charge in [-0.25, -0.2) is 13.4 Å². The van der Waals surface area contributed by atoms with Crippen LogP contribution < -0.4 is 0 Å². The van der Waals surface area contributed by atoms with Gasteiger partial charge in [0.25, 0.3) is 0 Å². The Morgan fingerprint density at radius 3 is 2.76 bits per heavy atom. The largest absolute Gasteiger partial charge is 0.338 e. The Hall–Kier alpha value is -1.54. The molecule has 0 spiro atoms. The van der Waals surface area contributed by atoms with E-state index >= 15 is 0 Å². The molecule has 0 bridgehead atoms. The van der Waals surface area contributed by atoms with Crippen LogP contribution in [0, 0.1) is 0 Å². The fourth-order valence-corrected chi connectivity index (χ4v) is 5.98. The molecule has 2 heterocycles. The van der Waals surface area contributed by atoms with Crippen LogP contribution in [-0.2, 0) is 21.7 Å². The Morgan fingerprint density at radius 2 is 2.16 bits per heavy atom. The summed E-state index contributed by atoms with van der Waals surface area (Å²) in [5.74, 6) is 0.228. The number of carbonyl (C=O) groups is 1. The van der Waals surface area contributed by atoms with E-state index in [1.807, 2.05) is 49.7 Å². The second kappa shape index (κ2) is 6.99. The molecular weight excluding hydrogens is 358 g/mol. The molecule has 1 aromatic carbocycles. The maximum atomic E-state index is 12.9. The average molecular weight is 382 g/mol. The summed E-state index contributed by atoms with van der Waals surface area (Å²) in [6.07, 6.45) is 0.533. The number of rotatable bonds is 5. The summed E-state index contributed by atoms with van der Waals surface area (Å²) in [5, 5.41) is 0.468. The number of imidazole rings is 1. The van der Waals surface area contributed by atoms with Crippen LogP contribution in [0.3, 0.4) is 0 Å². The van der Waals surface area contributed by atoms with Gasteiger partial charge in [0.15, 0.2) is 15.0 Å². The van der Waals surface area contributed by atoms with E-state index in [1.54, 1.807) is 4.90 Å². The van der Waals surface area contributed by atoms with Crippen LogP contribution in [0.15, 0.2) is 29.4 Å². The number of carbonyl (C=O) groups excluding carboxylic acids is 1. The molecule has 3 rings (SSSR count). The maximum Gasteiger partial charge on any atom is 0.236 e. The molecule has 8 heteroatoms. The molecule has 0 aliphatic carbocycles. The van der Waals surface area contributed by atoms with Crippen molar-refractivity contribution in [2.75, 3.05) is 18.1 Å². The van der Waals surface area contributed by atoms with Gasteiger partial charge in [-0.2, -0.15) is 0 Å². The number of aromatic nitrogens is 2. The molecule has 1 amide bonds. The summed E-state index contributed by atoms with van der Waals surface area (Å²) in [5.41, 5.74) is 1.93. The van der Waals surface area contributed by atoms with Crippen LogP contribution in [-0.4, -0.2) is 58.1 Å². The van der Waals surface area contributed by atoms with Gasteiger partial charge in [0, 0.05) is 19.6 Å². The summed E-state index contributed by atoms with van der Waals surface area (Å²) < 4.78 is 25.5. The highest BCUT2D eigenvalue weighted by molar-refractivity contribution is 8.00. The SMILES string of the molecule is CCN(C(=O)[C@H](C)Sc1nc2ccccc2n1C)[C@H]1CCS(=O)(=O)C1. The predicted octanol–water partition coefficient (Wildman–Crippen LogP) is 2.09. The predicted molar refractivity (Wildman–Crippen MR) is 100 cm³/mol. The first-order valence-corrected chi connectivity index (χ1v) is 11.1. The molecule has 2 aromatic rings. The van der Waals surface area contributed by atoms with Crippen molar-refractivity contribution in [2.45, 2.75) is 36.7 Å². The van der Waals surface area contributed by atoms with Gasteiger partial charge in [0.05, 0.1) is 27.8 Å². The first-order valence-electron chi connectivity index (χ1n) is 8.41. The van der Waals surface area contributed by atoms with Crippen molar-refractivity contribution < 1.29 is 13.2 Å². The molecule has 1 fully saturated rings. The number of sulfone groups is 1. The number of hydrogen-bond acceptors (Lipinski definition) is 5. The smallest absolute Gasteiger partial charge is 0.236 e. The molecule has 1 aromatic heterocycles. The van der Waals surface area contributed by atoms with Crippen molar-refractivity contribution >= 4 is 38.5 Å². The highest BCUT2D eigenvalue weighted by Gasteiger charge is 2.35. The minimum absolute atomic E-state index is 0.0262. The van der Waals surface area contributed by atoms with E-state index in [0.717, 1.165) is 16.2 Å². The highest BCUT2D eigenvalue weighted by Crippen LogP contribution is 2.28. The van der Waals surface area contributed by atoms with E-state index in [0.29, 0.717) is 13.0 Å². The molecular formula is C17H23N3O3S2. The molecule has 1 aliphatic heterocycles. The normalized spacial score (nSPS) is 20.7. The first-order chi connectivity index (χ1) is 11.8. The number of benzene rings is 1. The molecule has 0 saturated carbocycles. The zero-order chi connectivity index (χ0) is 18.2. The fraction of sp³-hybridized carbons (Fsp3) is 0.529. The fourth-order valence-electron chi connectivity index (χ4n) is 3.29. The topological polar surface area (TPSA) is 72.3 Å². The first kappa shape index (κ1) is 18.3. The molecule has 25 heavy (non-hydrogen) atoms. The summed E-state index contributed by atoms with van der Waals surface area (Å²) in [4.78, 5) is 19.2. The van der Waals surface area contributed by atoms with Crippen molar-refractivity contribution in [1.29, 1.82) is 0 Å². The molecule has 0 radical (unpaired) electrons. The van der Waals surface area contributed by atoms with Crippen LogP contribution in [0.4, 0.5) is 0 Å². The number of fused-ring (bicyclic) bond motifs is 1. The van der Waals surface area contributed by atoms with E-state index in [9.17, 15) is 13.2 Å². The highest BCUT2D eigenvalue weighted by atomic mass is 32.2. The molecule has 0 unspecified atom stereocenters. The Labute approximate surface area is 152 Å². The molecule has 0 N–H and O–H groups in total. The summed E-state index contributed by atoms with van der Waals surface area (Å²) in [6.45, 7) is 4.28. The Kier molecular flexibility index (Phi) is 5.11. The average Bonchev–Trinajstić information content (AvgIpc) is 3.08. The van der Waals surface area contributed by atoms with Gasteiger partial charge in [-0.3, -0.25) is 4.79 Å². The van der Waals surface area contributed by atoms with Gasteiger partial charge in [0.2, 0.25) is 5.91 Å². The lowest BCUT2D eigenvalue weighted by Gasteiger charge is -2.29. The standard InChI is InChI=1S/C17H23N3O3S2/c1-4-20(13-9-10-25(22,23)11-13)16(21)12(2)24-17-18-14-7-5-6-8-15(14)19(17)3/h5-8,12-13H,4,9-11H2,1-3H3/t12-,13-/m0/s1. The van der Waals surface area contributed by atoms with E-state index in [2.05, 4.69) is 4.98 Å². The van der Waals surface area contributed by atoms with E-state index < -0.39 is 9.84 Å². The second-order valence-corrected chi connectivity index (χ2v) is 9.92. The third-order valence-corrected chi connectivity index (χ3v) is 7.53. The third kappa shape index (κ3) is 3.69. The quantitative estimate of drug-likeness (QED) is 0.742. The number of aryl methyl sites for hydroxylation is 1. The minimum Gasteiger partial charge on any atom is -0.338 e. The van der Waals surface area contributed by atoms with Crippen LogP contribution in [0.2, 0.25) is 0 Å². The molecule has 2 atom stereocenters. The van der Waals surface area contributed by atoms with Crippen molar-refractivity contribution in [3.8, 4) is 0 Å². The third-order valence-electron chi connectivity index (χ3n) is 4.65. The van der Waals surface area contributed by atoms with Crippen molar-refractivity contribution in [2.24, 2.45) is 7.05 Å². The minimum atomic E-state index is -3.01. The second-order valence-electron chi connectivity index (χ2n) is 6.38. The lowest BCUT2D eigenvalue weighted by atomic mass is 10.2. The van der Waals surface area contributed by atoms with E-state index in [-0.39, 0.29) is 28.7 Å². The summed E-state index contributed by atoms with van der Waals surface area (Å²) >= 11 is 1.42. The number of amides is 1. The number of thioether (sulfide) groups is 1. The van der Waals surface area contributed by atoms with Gasteiger partial charge in [-0.15, -0.1) is 0 Å². The molecule has 136 valence electrons. The number of para-hydroxylation sites is 2. The zero-order valence-corrected chi connectivity index (χ0v) is 16.3. The summed E-state index contributed by atoms with van der Waals surface area (Å²) in [6, 6.07) is 7.66. The van der Waals surface area contributed by atoms with E-state index in [4.69, 9.17) is 0 Å². The van der Waals surface area contributed by atoms with Crippen LogP contribution in [0.1, 0.15) is 20.3 Å². The van der Waals surface area contributed by atoms with Gasteiger partial charge >= 0.3 is 0 Å². The monoisotopic (exact) mass is 381 g/mol. The van der Waals surface area contributed by atoms with Crippen molar-refractivity contribution in [3.63, 3.8) is 0 Å². The zero-order valence-electron chi connectivity index (χ0n) is 14.7.